The Morgan fingerprint density at radius 2 is 1.64 bits per heavy atom. The minimum absolute atomic E-state index is 0.0938. The molecule has 2 heterocycles. The molecule has 0 bridgehead atoms. The molecule has 0 saturated carbocycles. The Labute approximate surface area is 164 Å². The van der Waals surface area contributed by atoms with Crippen molar-refractivity contribution in [3.05, 3.63) is 107 Å². The molecule has 1 aliphatic heterocycles. The molecule has 0 fully saturated rings. The van der Waals surface area contributed by atoms with E-state index >= 15 is 0 Å². The number of carbonyl (C=O) groups is 1. The van der Waals surface area contributed by atoms with E-state index in [9.17, 15) is 4.79 Å². The number of nitrogens with one attached hydrogen (secondary N) is 1. The zero-order chi connectivity index (χ0) is 19.1. The molecule has 0 aliphatic carbocycles. The number of carbonyl (C=O) groups excluding carboxylic acids is 1. The van der Waals surface area contributed by atoms with Gasteiger partial charge in [-0.25, -0.2) is 0 Å². The molecule has 4 aromatic rings. The number of para-hydroxylation sites is 1. The Bertz CT molecular complexity index is 1160. The second-order valence-electron chi connectivity index (χ2n) is 7.44. The summed E-state index contributed by atoms with van der Waals surface area (Å²) in [4.78, 5) is 19.2. The zero-order valence-electron chi connectivity index (χ0n) is 15.9. The van der Waals surface area contributed by atoms with Crippen LogP contribution in [0.2, 0.25) is 0 Å². The number of fused-ring (bicyclic) bond motifs is 3. The molecule has 138 valence electrons. The van der Waals surface area contributed by atoms with E-state index in [1.165, 1.54) is 10.9 Å². The fraction of sp³-hybridized carbons (Fsp3) is 0.160. The third kappa shape index (κ3) is 2.63. The van der Waals surface area contributed by atoms with Crippen molar-refractivity contribution in [1.82, 2.24) is 9.88 Å². The largest absolute Gasteiger partial charge is 0.356 e. The summed E-state index contributed by atoms with van der Waals surface area (Å²) in [5.74, 6) is 0.0938. The maximum Gasteiger partial charge on any atom is 0.254 e. The summed E-state index contributed by atoms with van der Waals surface area (Å²) >= 11 is 0. The number of nitrogens with zero attached hydrogens (tertiary/aromatic N) is 1. The molecule has 3 aromatic carbocycles. The van der Waals surface area contributed by atoms with Crippen molar-refractivity contribution in [3.8, 4) is 0 Å². The molecule has 0 spiro atoms. The molecule has 1 N–H and O–H groups in total. The molecule has 0 unspecified atom stereocenters. The summed E-state index contributed by atoms with van der Waals surface area (Å²) in [5, 5.41) is 1.27. The van der Waals surface area contributed by atoms with E-state index in [0.717, 1.165) is 34.3 Å². The van der Waals surface area contributed by atoms with Crippen LogP contribution < -0.4 is 0 Å². The van der Waals surface area contributed by atoms with Gasteiger partial charge < -0.3 is 9.88 Å². The lowest BCUT2D eigenvalue weighted by Crippen LogP contribution is -2.40. The highest BCUT2D eigenvalue weighted by Gasteiger charge is 2.35. The molecule has 3 nitrogen and oxygen atoms in total. The summed E-state index contributed by atoms with van der Waals surface area (Å²) in [7, 11) is 0. The van der Waals surface area contributed by atoms with Crippen molar-refractivity contribution >= 4 is 16.8 Å². The van der Waals surface area contributed by atoms with E-state index in [1.54, 1.807) is 0 Å². The van der Waals surface area contributed by atoms with Crippen molar-refractivity contribution in [3.63, 3.8) is 0 Å². The van der Waals surface area contributed by atoms with Crippen LogP contribution in [0.5, 0.6) is 0 Å². The van der Waals surface area contributed by atoms with Gasteiger partial charge in [0.15, 0.2) is 0 Å². The van der Waals surface area contributed by atoms with Crippen molar-refractivity contribution in [2.24, 2.45) is 0 Å². The van der Waals surface area contributed by atoms with E-state index in [1.807, 2.05) is 54.3 Å². The standard InChI is InChI=1S/C25H22N2O/c1-17-9-5-6-12-19(17)25(28)27-16-15-21-20-13-7-8-14-22(20)26-23(21)24(27)18-10-3-2-4-11-18/h2-14,24,26H,15-16H2,1H3/t24-/m1/s1. The average molecular weight is 366 g/mol. The van der Waals surface area contributed by atoms with Gasteiger partial charge in [-0.05, 0) is 42.2 Å². The van der Waals surface area contributed by atoms with Crippen LogP contribution >= 0.6 is 0 Å². The molecule has 3 heteroatoms. The first kappa shape index (κ1) is 16.8. The Kier molecular flexibility index (Phi) is 4.01. The summed E-state index contributed by atoms with van der Waals surface area (Å²) in [6.07, 6.45) is 0.861. The maximum atomic E-state index is 13.5. The minimum atomic E-state index is -0.107. The maximum absolute atomic E-state index is 13.5. The van der Waals surface area contributed by atoms with Gasteiger partial charge in [-0.3, -0.25) is 4.79 Å². The molecular weight excluding hydrogens is 344 g/mol. The van der Waals surface area contributed by atoms with Crippen molar-refractivity contribution in [1.29, 1.82) is 0 Å². The molecule has 1 atom stereocenters. The van der Waals surface area contributed by atoms with Gasteiger partial charge in [0.05, 0.1) is 6.04 Å². The fourth-order valence-electron chi connectivity index (χ4n) is 4.41. The number of hydrogen-bond acceptors (Lipinski definition) is 1. The van der Waals surface area contributed by atoms with Gasteiger partial charge in [0.2, 0.25) is 0 Å². The number of amides is 1. The van der Waals surface area contributed by atoms with Crippen LogP contribution in [0.15, 0.2) is 78.9 Å². The second kappa shape index (κ2) is 6.68. The molecule has 0 radical (unpaired) electrons. The fourth-order valence-corrected chi connectivity index (χ4v) is 4.41. The Morgan fingerprint density at radius 3 is 2.46 bits per heavy atom. The third-order valence-corrected chi connectivity index (χ3v) is 5.79. The van der Waals surface area contributed by atoms with Gasteiger partial charge in [-0.2, -0.15) is 0 Å². The number of aryl methyl sites for hydroxylation is 1. The average Bonchev–Trinajstić information content (AvgIpc) is 3.12. The Morgan fingerprint density at radius 1 is 0.929 bits per heavy atom. The van der Waals surface area contributed by atoms with Crippen molar-refractivity contribution in [2.45, 2.75) is 19.4 Å². The van der Waals surface area contributed by atoms with Crippen molar-refractivity contribution in [2.75, 3.05) is 6.54 Å². The lowest BCUT2D eigenvalue weighted by Gasteiger charge is -2.36. The Hall–Kier alpha value is -3.33. The van der Waals surface area contributed by atoms with E-state index in [-0.39, 0.29) is 11.9 Å². The highest BCUT2D eigenvalue weighted by molar-refractivity contribution is 5.97. The van der Waals surface area contributed by atoms with Gasteiger partial charge in [0, 0.05) is 28.7 Å². The normalized spacial score (nSPS) is 16.2. The molecule has 28 heavy (non-hydrogen) atoms. The molecular formula is C25H22N2O. The van der Waals surface area contributed by atoms with Crippen LogP contribution in [0.25, 0.3) is 10.9 Å². The highest BCUT2D eigenvalue weighted by Crippen LogP contribution is 2.39. The van der Waals surface area contributed by atoms with E-state index in [2.05, 4.69) is 41.4 Å². The summed E-state index contributed by atoms with van der Waals surface area (Å²) in [6.45, 7) is 2.71. The molecule has 0 saturated heterocycles. The quantitative estimate of drug-likeness (QED) is 0.516. The van der Waals surface area contributed by atoms with Gasteiger partial charge in [-0.1, -0.05) is 66.7 Å². The number of aromatic nitrogens is 1. The molecule has 1 aromatic heterocycles. The van der Waals surface area contributed by atoms with Crippen LogP contribution in [0, 0.1) is 6.92 Å². The van der Waals surface area contributed by atoms with Gasteiger partial charge in [0.25, 0.3) is 5.91 Å². The SMILES string of the molecule is Cc1ccccc1C(=O)N1CCc2c([nH]c3ccccc23)[C@H]1c1ccccc1. The predicted octanol–water partition coefficient (Wildman–Crippen LogP) is 5.26. The summed E-state index contributed by atoms with van der Waals surface area (Å²) in [6, 6.07) is 26.5. The van der Waals surface area contributed by atoms with Crippen LogP contribution in [0.4, 0.5) is 0 Å². The first-order valence-corrected chi connectivity index (χ1v) is 9.75. The lowest BCUT2D eigenvalue weighted by atomic mass is 9.91. The topological polar surface area (TPSA) is 36.1 Å². The predicted molar refractivity (Wildman–Crippen MR) is 113 cm³/mol. The summed E-state index contributed by atoms with van der Waals surface area (Å²) in [5.41, 5.74) is 6.54. The van der Waals surface area contributed by atoms with Gasteiger partial charge in [-0.15, -0.1) is 0 Å². The monoisotopic (exact) mass is 366 g/mol. The molecule has 1 aliphatic rings. The lowest BCUT2D eigenvalue weighted by molar-refractivity contribution is 0.0691. The second-order valence-corrected chi connectivity index (χ2v) is 7.44. The van der Waals surface area contributed by atoms with Gasteiger partial charge >= 0.3 is 0 Å². The Balaban J connectivity index is 1.68. The number of aromatic amines is 1. The smallest absolute Gasteiger partial charge is 0.254 e. The zero-order valence-corrected chi connectivity index (χ0v) is 15.9. The van der Waals surface area contributed by atoms with E-state index in [4.69, 9.17) is 0 Å². The number of benzene rings is 3. The van der Waals surface area contributed by atoms with Crippen LogP contribution in [0.3, 0.4) is 0 Å². The first-order valence-electron chi connectivity index (χ1n) is 9.75. The minimum Gasteiger partial charge on any atom is -0.356 e. The van der Waals surface area contributed by atoms with E-state index < -0.39 is 0 Å². The van der Waals surface area contributed by atoms with E-state index in [0.29, 0.717) is 6.54 Å². The highest BCUT2D eigenvalue weighted by atomic mass is 16.2. The number of hydrogen-bond donors (Lipinski definition) is 1. The van der Waals surface area contributed by atoms with Crippen LogP contribution in [-0.2, 0) is 6.42 Å². The molecule has 1 amide bonds. The first-order chi connectivity index (χ1) is 13.7. The van der Waals surface area contributed by atoms with Gasteiger partial charge in [0.1, 0.15) is 0 Å². The van der Waals surface area contributed by atoms with Crippen LogP contribution in [-0.4, -0.2) is 22.3 Å². The van der Waals surface area contributed by atoms with Crippen molar-refractivity contribution < 1.29 is 4.79 Å². The number of H-pyrrole nitrogens is 1. The third-order valence-electron chi connectivity index (χ3n) is 5.79. The molecule has 5 rings (SSSR count). The number of rotatable bonds is 2. The van der Waals surface area contributed by atoms with Crippen LogP contribution in [0.1, 0.15) is 38.8 Å². The summed E-state index contributed by atoms with van der Waals surface area (Å²) < 4.78 is 0.